The first-order valence-corrected chi connectivity index (χ1v) is 5.80. The number of aliphatic hydroxyl groups is 1. The highest BCUT2D eigenvalue weighted by molar-refractivity contribution is 5.94. The Bertz CT molecular complexity index is 369. The van der Waals surface area contributed by atoms with Crippen molar-refractivity contribution < 1.29 is 9.90 Å². The zero-order valence-corrected chi connectivity index (χ0v) is 10.1. The van der Waals surface area contributed by atoms with Crippen LogP contribution in [-0.4, -0.2) is 40.6 Å². The van der Waals surface area contributed by atoms with E-state index in [9.17, 15) is 4.79 Å². The predicted molar refractivity (Wildman–Crippen MR) is 66.5 cm³/mol. The van der Waals surface area contributed by atoms with Crippen molar-refractivity contribution in [2.45, 2.75) is 19.8 Å². The summed E-state index contributed by atoms with van der Waals surface area (Å²) in [6, 6.07) is 3.19. The number of nitrogen functional groups attached to an aromatic ring is 1. The van der Waals surface area contributed by atoms with Gasteiger partial charge >= 0.3 is 0 Å². The number of aliphatic hydroxyl groups excluding tert-OH is 1. The lowest BCUT2D eigenvalue weighted by Crippen LogP contribution is -2.34. The maximum absolute atomic E-state index is 12.1. The van der Waals surface area contributed by atoms with Crippen LogP contribution in [0.3, 0.4) is 0 Å². The van der Waals surface area contributed by atoms with E-state index < -0.39 is 0 Å². The van der Waals surface area contributed by atoms with Gasteiger partial charge in [0.15, 0.2) is 0 Å². The van der Waals surface area contributed by atoms with E-state index in [1.165, 1.54) is 6.20 Å². The van der Waals surface area contributed by atoms with E-state index in [-0.39, 0.29) is 12.5 Å². The fourth-order valence-electron chi connectivity index (χ4n) is 1.55. The molecule has 0 radical (unpaired) electrons. The summed E-state index contributed by atoms with van der Waals surface area (Å²) in [4.78, 5) is 17.6. The standard InChI is InChI=1S/C12H19N3O2/c1-2-3-6-15(7-8-16)12(17)10-4-5-14-11(13)9-10/h4-5,9,16H,2-3,6-8H2,1H3,(H2,13,14). The van der Waals surface area contributed by atoms with Crippen LogP contribution in [0, 0.1) is 0 Å². The summed E-state index contributed by atoms with van der Waals surface area (Å²) in [6.07, 6.45) is 3.44. The molecule has 94 valence electrons. The van der Waals surface area contributed by atoms with Gasteiger partial charge < -0.3 is 15.7 Å². The fraction of sp³-hybridized carbons (Fsp3) is 0.500. The van der Waals surface area contributed by atoms with Gasteiger partial charge in [-0.2, -0.15) is 0 Å². The number of unbranched alkanes of at least 4 members (excludes halogenated alkanes) is 1. The molecule has 0 aliphatic carbocycles. The van der Waals surface area contributed by atoms with Crippen LogP contribution in [0.2, 0.25) is 0 Å². The second kappa shape index (κ2) is 6.85. The summed E-state index contributed by atoms with van der Waals surface area (Å²) in [5.74, 6) is 0.219. The maximum Gasteiger partial charge on any atom is 0.254 e. The molecule has 0 bridgehead atoms. The summed E-state index contributed by atoms with van der Waals surface area (Å²) >= 11 is 0. The molecule has 1 rings (SSSR count). The van der Waals surface area contributed by atoms with Gasteiger partial charge in [-0.15, -0.1) is 0 Å². The lowest BCUT2D eigenvalue weighted by atomic mass is 10.2. The number of hydrogen-bond acceptors (Lipinski definition) is 4. The van der Waals surface area contributed by atoms with Gasteiger partial charge in [-0.3, -0.25) is 4.79 Å². The molecule has 5 nitrogen and oxygen atoms in total. The topological polar surface area (TPSA) is 79.5 Å². The van der Waals surface area contributed by atoms with Crippen LogP contribution < -0.4 is 5.73 Å². The van der Waals surface area contributed by atoms with Crippen molar-refractivity contribution in [2.75, 3.05) is 25.4 Å². The number of nitrogens with zero attached hydrogens (tertiary/aromatic N) is 2. The third-order valence-corrected chi connectivity index (χ3v) is 2.47. The molecule has 0 aliphatic heterocycles. The average molecular weight is 237 g/mol. The number of rotatable bonds is 6. The Morgan fingerprint density at radius 3 is 2.88 bits per heavy atom. The number of carbonyl (C=O) groups is 1. The molecule has 17 heavy (non-hydrogen) atoms. The largest absolute Gasteiger partial charge is 0.395 e. The number of hydrogen-bond donors (Lipinski definition) is 2. The van der Waals surface area contributed by atoms with Crippen LogP contribution >= 0.6 is 0 Å². The van der Waals surface area contributed by atoms with E-state index >= 15 is 0 Å². The van der Waals surface area contributed by atoms with Crippen LogP contribution in [0.4, 0.5) is 5.82 Å². The van der Waals surface area contributed by atoms with Crippen molar-refractivity contribution in [1.29, 1.82) is 0 Å². The van der Waals surface area contributed by atoms with Gasteiger partial charge in [0.05, 0.1) is 6.61 Å². The number of nitrogens with two attached hydrogens (primary N) is 1. The zero-order valence-electron chi connectivity index (χ0n) is 10.1. The number of amides is 1. The zero-order chi connectivity index (χ0) is 12.7. The fourth-order valence-corrected chi connectivity index (χ4v) is 1.55. The Morgan fingerprint density at radius 2 is 2.29 bits per heavy atom. The van der Waals surface area contributed by atoms with Crippen molar-refractivity contribution in [3.05, 3.63) is 23.9 Å². The SMILES string of the molecule is CCCCN(CCO)C(=O)c1ccnc(N)c1. The van der Waals surface area contributed by atoms with Crippen LogP contribution in [0.5, 0.6) is 0 Å². The Labute approximate surface area is 101 Å². The molecule has 0 spiro atoms. The van der Waals surface area contributed by atoms with E-state index in [2.05, 4.69) is 11.9 Å². The van der Waals surface area contributed by atoms with Crippen molar-refractivity contribution in [3.63, 3.8) is 0 Å². The second-order valence-corrected chi connectivity index (χ2v) is 3.84. The molecule has 1 heterocycles. The molecule has 0 unspecified atom stereocenters. The molecule has 1 aromatic heterocycles. The Balaban J connectivity index is 2.76. The normalized spacial score (nSPS) is 10.2. The van der Waals surface area contributed by atoms with Crippen LogP contribution in [0.25, 0.3) is 0 Å². The molecule has 1 aromatic rings. The smallest absolute Gasteiger partial charge is 0.254 e. The van der Waals surface area contributed by atoms with E-state index in [0.29, 0.717) is 24.5 Å². The minimum Gasteiger partial charge on any atom is -0.395 e. The van der Waals surface area contributed by atoms with Gasteiger partial charge in [0.25, 0.3) is 5.91 Å². The lowest BCUT2D eigenvalue weighted by molar-refractivity contribution is 0.0719. The number of pyridine rings is 1. The van der Waals surface area contributed by atoms with Crippen molar-refractivity contribution in [3.8, 4) is 0 Å². The molecule has 1 amide bonds. The first kappa shape index (κ1) is 13.4. The van der Waals surface area contributed by atoms with E-state index in [1.54, 1.807) is 17.0 Å². The summed E-state index contributed by atoms with van der Waals surface area (Å²) in [6.45, 7) is 3.03. The third-order valence-electron chi connectivity index (χ3n) is 2.47. The van der Waals surface area contributed by atoms with Gasteiger partial charge in [-0.05, 0) is 18.6 Å². The predicted octanol–water partition coefficient (Wildman–Crippen LogP) is 0.898. The van der Waals surface area contributed by atoms with E-state index in [1.807, 2.05) is 0 Å². The summed E-state index contributed by atoms with van der Waals surface area (Å²) in [5, 5.41) is 8.96. The summed E-state index contributed by atoms with van der Waals surface area (Å²) in [5.41, 5.74) is 6.06. The molecular weight excluding hydrogens is 218 g/mol. The Hall–Kier alpha value is -1.62. The highest BCUT2D eigenvalue weighted by Gasteiger charge is 2.14. The summed E-state index contributed by atoms with van der Waals surface area (Å²) in [7, 11) is 0. The van der Waals surface area contributed by atoms with Crippen LogP contribution in [0.1, 0.15) is 30.1 Å². The molecular formula is C12H19N3O2. The van der Waals surface area contributed by atoms with Gasteiger partial charge in [0.2, 0.25) is 0 Å². The van der Waals surface area contributed by atoms with E-state index in [4.69, 9.17) is 10.8 Å². The molecule has 3 N–H and O–H groups in total. The highest BCUT2D eigenvalue weighted by atomic mass is 16.3. The van der Waals surface area contributed by atoms with Crippen LogP contribution in [0.15, 0.2) is 18.3 Å². The van der Waals surface area contributed by atoms with Gasteiger partial charge in [-0.1, -0.05) is 13.3 Å². The van der Waals surface area contributed by atoms with Crippen molar-refractivity contribution in [2.24, 2.45) is 0 Å². The first-order valence-electron chi connectivity index (χ1n) is 5.80. The van der Waals surface area contributed by atoms with E-state index in [0.717, 1.165) is 12.8 Å². The average Bonchev–Trinajstić information content (AvgIpc) is 2.33. The quantitative estimate of drug-likeness (QED) is 0.770. The van der Waals surface area contributed by atoms with Crippen molar-refractivity contribution in [1.82, 2.24) is 9.88 Å². The molecule has 0 fully saturated rings. The molecule has 0 aromatic carbocycles. The minimum absolute atomic E-state index is 0.0317. The second-order valence-electron chi connectivity index (χ2n) is 3.84. The molecule has 0 saturated carbocycles. The molecule has 0 saturated heterocycles. The number of carbonyl (C=O) groups excluding carboxylic acids is 1. The monoisotopic (exact) mass is 237 g/mol. The maximum atomic E-state index is 12.1. The molecule has 5 heteroatoms. The third kappa shape index (κ3) is 4.03. The number of anilines is 1. The van der Waals surface area contributed by atoms with Gasteiger partial charge in [-0.25, -0.2) is 4.98 Å². The number of aromatic nitrogens is 1. The summed E-state index contributed by atoms with van der Waals surface area (Å²) < 4.78 is 0. The Morgan fingerprint density at radius 1 is 1.53 bits per heavy atom. The van der Waals surface area contributed by atoms with Gasteiger partial charge in [0, 0.05) is 24.8 Å². The highest BCUT2D eigenvalue weighted by Crippen LogP contribution is 2.08. The van der Waals surface area contributed by atoms with Crippen molar-refractivity contribution >= 4 is 11.7 Å². The van der Waals surface area contributed by atoms with Gasteiger partial charge in [0.1, 0.15) is 5.82 Å². The first-order chi connectivity index (χ1) is 8.19. The minimum atomic E-state index is -0.110. The molecule has 0 atom stereocenters. The molecule has 0 aliphatic rings. The lowest BCUT2D eigenvalue weighted by Gasteiger charge is -2.21. The van der Waals surface area contributed by atoms with Crippen LogP contribution in [-0.2, 0) is 0 Å². The Kier molecular flexibility index (Phi) is 5.42.